The molecule has 0 unspecified atom stereocenters. The van der Waals surface area contributed by atoms with Crippen LogP contribution < -0.4 is 0 Å². The standard InChI is InChI=1S/C18H24N4O3/c23-14-11-21(13-5-9-25-10-6-13)7-8-22(12-14)18(24)17-19-15-3-1-2-4-16(15)20-17/h1-4,13-14,23H,5-12H2,(H,19,20)/t14-/m0/s1. The van der Waals surface area contributed by atoms with Crippen molar-refractivity contribution in [2.45, 2.75) is 25.0 Å². The molecule has 1 amide bonds. The summed E-state index contributed by atoms with van der Waals surface area (Å²) in [6, 6.07) is 8.04. The van der Waals surface area contributed by atoms with Crippen molar-refractivity contribution in [2.75, 3.05) is 39.4 Å². The molecular weight excluding hydrogens is 320 g/mol. The summed E-state index contributed by atoms with van der Waals surface area (Å²) in [5, 5.41) is 10.4. The largest absolute Gasteiger partial charge is 0.390 e. The number of nitrogens with one attached hydrogen (secondary N) is 1. The summed E-state index contributed by atoms with van der Waals surface area (Å²) in [7, 11) is 0. The van der Waals surface area contributed by atoms with Crippen LogP contribution in [0, 0.1) is 0 Å². The van der Waals surface area contributed by atoms with Gasteiger partial charge in [-0.25, -0.2) is 4.98 Å². The number of hydrogen-bond acceptors (Lipinski definition) is 5. The van der Waals surface area contributed by atoms with E-state index in [1.165, 1.54) is 0 Å². The highest BCUT2D eigenvalue weighted by Gasteiger charge is 2.30. The third-order valence-corrected chi connectivity index (χ3v) is 5.12. The van der Waals surface area contributed by atoms with Gasteiger partial charge in [-0.3, -0.25) is 9.69 Å². The van der Waals surface area contributed by atoms with E-state index in [0.717, 1.165) is 43.6 Å². The molecule has 2 aliphatic heterocycles. The number of benzene rings is 1. The van der Waals surface area contributed by atoms with Gasteiger partial charge in [0.25, 0.3) is 5.91 Å². The number of ether oxygens (including phenoxy) is 1. The summed E-state index contributed by atoms with van der Waals surface area (Å²) in [6.07, 6.45) is 1.44. The Morgan fingerprint density at radius 3 is 2.80 bits per heavy atom. The Labute approximate surface area is 146 Å². The normalized spacial score (nSPS) is 23.7. The first kappa shape index (κ1) is 16.5. The first-order valence-corrected chi connectivity index (χ1v) is 8.94. The molecule has 0 saturated carbocycles. The summed E-state index contributed by atoms with van der Waals surface area (Å²) in [4.78, 5) is 24.3. The van der Waals surface area contributed by atoms with Crippen molar-refractivity contribution in [3.63, 3.8) is 0 Å². The number of aliphatic hydroxyl groups excluding tert-OH is 1. The molecule has 2 aromatic rings. The molecule has 4 rings (SSSR count). The number of carbonyl (C=O) groups excluding carboxylic acids is 1. The van der Waals surface area contributed by atoms with E-state index in [9.17, 15) is 9.90 Å². The van der Waals surface area contributed by atoms with E-state index in [0.29, 0.717) is 31.5 Å². The molecule has 25 heavy (non-hydrogen) atoms. The number of nitrogens with zero attached hydrogens (tertiary/aromatic N) is 3. The van der Waals surface area contributed by atoms with Crippen molar-refractivity contribution in [3.05, 3.63) is 30.1 Å². The number of para-hydroxylation sites is 2. The van der Waals surface area contributed by atoms with Gasteiger partial charge in [-0.2, -0.15) is 0 Å². The van der Waals surface area contributed by atoms with Gasteiger partial charge in [-0.1, -0.05) is 12.1 Å². The second-order valence-corrected chi connectivity index (χ2v) is 6.85. The smallest absolute Gasteiger partial charge is 0.289 e. The molecule has 1 aromatic heterocycles. The summed E-state index contributed by atoms with van der Waals surface area (Å²) < 4.78 is 5.43. The average Bonchev–Trinajstić information content (AvgIpc) is 2.98. The minimum atomic E-state index is -0.543. The first-order valence-electron chi connectivity index (χ1n) is 8.94. The van der Waals surface area contributed by atoms with Crippen molar-refractivity contribution < 1.29 is 14.6 Å². The zero-order chi connectivity index (χ0) is 17.2. The number of fused-ring (bicyclic) bond motifs is 1. The van der Waals surface area contributed by atoms with Crippen LogP contribution in [0.1, 0.15) is 23.5 Å². The minimum absolute atomic E-state index is 0.149. The fourth-order valence-electron chi connectivity index (χ4n) is 3.78. The van der Waals surface area contributed by atoms with Crippen LogP contribution in [0.5, 0.6) is 0 Å². The molecule has 3 heterocycles. The summed E-state index contributed by atoms with van der Waals surface area (Å²) in [5.74, 6) is 0.192. The summed E-state index contributed by atoms with van der Waals surface area (Å²) in [5.41, 5.74) is 1.63. The quantitative estimate of drug-likeness (QED) is 0.844. The van der Waals surface area contributed by atoms with Crippen molar-refractivity contribution in [1.29, 1.82) is 0 Å². The first-order chi connectivity index (χ1) is 12.2. The molecule has 2 aliphatic rings. The van der Waals surface area contributed by atoms with E-state index >= 15 is 0 Å². The zero-order valence-corrected chi connectivity index (χ0v) is 14.2. The van der Waals surface area contributed by atoms with Gasteiger partial charge in [-0.05, 0) is 25.0 Å². The highest BCUT2D eigenvalue weighted by Crippen LogP contribution is 2.18. The highest BCUT2D eigenvalue weighted by atomic mass is 16.5. The maximum Gasteiger partial charge on any atom is 0.289 e. The number of rotatable bonds is 2. The molecular formula is C18H24N4O3. The zero-order valence-electron chi connectivity index (χ0n) is 14.2. The molecule has 2 saturated heterocycles. The Morgan fingerprint density at radius 1 is 1.20 bits per heavy atom. The van der Waals surface area contributed by atoms with Crippen molar-refractivity contribution in [3.8, 4) is 0 Å². The maximum absolute atomic E-state index is 12.8. The number of hydrogen-bond donors (Lipinski definition) is 2. The third kappa shape index (κ3) is 3.53. The van der Waals surface area contributed by atoms with Crippen LogP contribution in [-0.2, 0) is 4.74 Å². The Kier molecular flexibility index (Phi) is 4.70. The SMILES string of the molecule is O=C(c1nc2ccccc2[nH]1)N1CCN(C2CCOCC2)C[C@H](O)C1. The topological polar surface area (TPSA) is 81.7 Å². The third-order valence-electron chi connectivity index (χ3n) is 5.12. The van der Waals surface area contributed by atoms with E-state index in [-0.39, 0.29) is 5.91 Å². The molecule has 1 aromatic carbocycles. The van der Waals surface area contributed by atoms with Crippen molar-refractivity contribution in [1.82, 2.24) is 19.8 Å². The van der Waals surface area contributed by atoms with Gasteiger partial charge in [0.2, 0.25) is 0 Å². The number of β-amino-alcohol motifs (C(OH)–C–C–N with tert-alkyl or cyclic N) is 1. The minimum Gasteiger partial charge on any atom is -0.390 e. The van der Waals surface area contributed by atoms with E-state index in [2.05, 4.69) is 14.9 Å². The molecule has 2 fully saturated rings. The van der Waals surface area contributed by atoms with Crippen molar-refractivity contribution >= 4 is 16.9 Å². The number of aliphatic hydroxyl groups is 1. The van der Waals surface area contributed by atoms with E-state index in [4.69, 9.17) is 4.74 Å². The van der Waals surface area contributed by atoms with Gasteiger partial charge in [0.15, 0.2) is 5.82 Å². The van der Waals surface area contributed by atoms with Gasteiger partial charge in [-0.15, -0.1) is 0 Å². The maximum atomic E-state index is 12.8. The summed E-state index contributed by atoms with van der Waals surface area (Å²) >= 11 is 0. The monoisotopic (exact) mass is 344 g/mol. The molecule has 0 spiro atoms. The number of carbonyl (C=O) groups is 1. The van der Waals surface area contributed by atoms with Crippen LogP contribution in [-0.4, -0.2) is 82.3 Å². The number of aromatic nitrogens is 2. The number of H-pyrrole nitrogens is 1. The average molecular weight is 344 g/mol. The molecule has 2 N–H and O–H groups in total. The Hall–Kier alpha value is -1.96. The molecule has 0 radical (unpaired) electrons. The van der Waals surface area contributed by atoms with E-state index in [1.54, 1.807) is 4.90 Å². The molecule has 1 atom stereocenters. The molecule has 0 bridgehead atoms. The van der Waals surface area contributed by atoms with Gasteiger partial charge >= 0.3 is 0 Å². The van der Waals surface area contributed by atoms with Crippen LogP contribution in [0.4, 0.5) is 0 Å². The predicted molar refractivity (Wildman–Crippen MR) is 93.4 cm³/mol. The van der Waals surface area contributed by atoms with Gasteiger partial charge in [0, 0.05) is 45.4 Å². The fourth-order valence-corrected chi connectivity index (χ4v) is 3.78. The number of imidazole rings is 1. The number of aromatic amines is 1. The highest BCUT2D eigenvalue weighted by molar-refractivity contribution is 5.94. The van der Waals surface area contributed by atoms with Crippen LogP contribution in [0.2, 0.25) is 0 Å². The van der Waals surface area contributed by atoms with Gasteiger partial charge < -0.3 is 19.7 Å². The second kappa shape index (κ2) is 7.11. The van der Waals surface area contributed by atoms with Gasteiger partial charge in [0.05, 0.1) is 17.1 Å². The van der Waals surface area contributed by atoms with Gasteiger partial charge in [0.1, 0.15) is 0 Å². The Bertz CT molecular complexity index is 708. The molecule has 7 heteroatoms. The summed E-state index contributed by atoms with van der Waals surface area (Å²) in [6.45, 7) is 3.87. The van der Waals surface area contributed by atoms with Crippen LogP contribution in [0.3, 0.4) is 0 Å². The van der Waals surface area contributed by atoms with Crippen LogP contribution in [0.15, 0.2) is 24.3 Å². The van der Waals surface area contributed by atoms with Crippen molar-refractivity contribution in [2.24, 2.45) is 0 Å². The Morgan fingerprint density at radius 2 is 2.00 bits per heavy atom. The molecule has 0 aliphatic carbocycles. The fraction of sp³-hybridized carbons (Fsp3) is 0.556. The molecule has 7 nitrogen and oxygen atoms in total. The van der Waals surface area contributed by atoms with Crippen LogP contribution in [0.25, 0.3) is 11.0 Å². The lowest BCUT2D eigenvalue weighted by molar-refractivity contribution is 0.0217. The lowest BCUT2D eigenvalue weighted by atomic mass is 10.1. The van der Waals surface area contributed by atoms with E-state index < -0.39 is 6.10 Å². The number of amides is 1. The second-order valence-electron chi connectivity index (χ2n) is 6.85. The van der Waals surface area contributed by atoms with Crippen LogP contribution >= 0.6 is 0 Å². The lowest BCUT2D eigenvalue weighted by Crippen LogP contribution is -2.43. The predicted octanol–water partition coefficient (Wildman–Crippen LogP) is 0.861. The Balaban J connectivity index is 1.47. The van der Waals surface area contributed by atoms with E-state index in [1.807, 2.05) is 24.3 Å². The lowest BCUT2D eigenvalue weighted by Gasteiger charge is -2.33. The molecule has 134 valence electrons.